The van der Waals surface area contributed by atoms with Crippen molar-refractivity contribution in [2.45, 2.75) is 0 Å². The zero-order valence-electron chi connectivity index (χ0n) is 13.6. The Balaban J connectivity index is 1.77. The van der Waals surface area contributed by atoms with Crippen molar-refractivity contribution in [2.24, 2.45) is 0 Å². The molecule has 0 fully saturated rings. The minimum Gasteiger partial charge on any atom is -0.493 e. The largest absolute Gasteiger partial charge is 0.493 e. The topological polar surface area (TPSA) is 73.6 Å². The third kappa shape index (κ3) is 3.83. The second-order valence-corrected chi connectivity index (χ2v) is 6.02. The summed E-state index contributed by atoms with van der Waals surface area (Å²) in [4.78, 5) is 12.4. The van der Waals surface area contributed by atoms with Crippen LogP contribution in [0.5, 0.6) is 11.5 Å². The third-order valence-electron chi connectivity index (χ3n) is 3.51. The summed E-state index contributed by atoms with van der Waals surface area (Å²) >= 11 is 3.38. The number of nitrogens with one attached hydrogen (secondary N) is 1. The van der Waals surface area contributed by atoms with E-state index >= 15 is 0 Å². The van der Waals surface area contributed by atoms with Crippen molar-refractivity contribution in [1.29, 1.82) is 0 Å². The maximum absolute atomic E-state index is 12.4. The van der Waals surface area contributed by atoms with Crippen LogP contribution in [0.25, 0.3) is 11.3 Å². The Hall–Kier alpha value is -2.80. The summed E-state index contributed by atoms with van der Waals surface area (Å²) in [5.41, 5.74) is 1.59. The number of carbonyl (C=O) groups is 1. The Morgan fingerprint density at radius 1 is 1.04 bits per heavy atom. The van der Waals surface area contributed by atoms with Crippen molar-refractivity contribution in [3.8, 4) is 22.8 Å². The fourth-order valence-electron chi connectivity index (χ4n) is 2.24. The van der Waals surface area contributed by atoms with E-state index in [1.54, 1.807) is 31.4 Å². The van der Waals surface area contributed by atoms with Gasteiger partial charge >= 0.3 is 0 Å². The van der Waals surface area contributed by atoms with Crippen LogP contribution in [0.4, 0.5) is 5.69 Å². The average molecular weight is 403 g/mol. The van der Waals surface area contributed by atoms with E-state index in [9.17, 15) is 4.79 Å². The monoisotopic (exact) mass is 402 g/mol. The summed E-state index contributed by atoms with van der Waals surface area (Å²) in [7, 11) is 3.08. The Morgan fingerprint density at radius 3 is 2.44 bits per heavy atom. The molecule has 1 aromatic heterocycles. The molecule has 0 saturated heterocycles. The van der Waals surface area contributed by atoms with Gasteiger partial charge < -0.3 is 19.3 Å². The summed E-state index contributed by atoms with van der Waals surface area (Å²) in [5, 5.41) is 6.59. The summed E-state index contributed by atoms with van der Waals surface area (Å²) in [6.07, 6.45) is 0. The molecule has 0 unspecified atom stereocenters. The highest BCUT2D eigenvalue weighted by molar-refractivity contribution is 9.10. The van der Waals surface area contributed by atoms with Crippen LogP contribution in [0.3, 0.4) is 0 Å². The molecule has 6 nitrogen and oxygen atoms in total. The fraction of sp³-hybridized carbons (Fsp3) is 0.111. The zero-order valence-corrected chi connectivity index (χ0v) is 15.2. The van der Waals surface area contributed by atoms with Crippen LogP contribution >= 0.6 is 15.9 Å². The fourth-order valence-corrected chi connectivity index (χ4v) is 2.51. The van der Waals surface area contributed by atoms with Crippen LogP contribution in [0.15, 0.2) is 57.5 Å². The third-order valence-corrected chi connectivity index (χ3v) is 4.04. The molecule has 1 heterocycles. The maximum Gasteiger partial charge on any atom is 0.277 e. The molecule has 0 atom stereocenters. The summed E-state index contributed by atoms with van der Waals surface area (Å²) in [6.45, 7) is 0. The first-order chi connectivity index (χ1) is 12.1. The zero-order chi connectivity index (χ0) is 17.8. The van der Waals surface area contributed by atoms with Gasteiger partial charge in [-0.25, -0.2) is 0 Å². The standard InChI is InChI=1S/C18H15BrN2O4/c1-23-15-8-7-13(9-17(15)24-2)20-18(22)14-10-16(25-21-14)11-3-5-12(19)6-4-11/h3-10H,1-2H3,(H,20,22). The molecule has 2 aromatic carbocycles. The van der Waals surface area contributed by atoms with Gasteiger partial charge in [-0.15, -0.1) is 0 Å². The highest BCUT2D eigenvalue weighted by Gasteiger charge is 2.15. The molecule has 1 N–H and O–H groups in total. The van der Waals surface area contributed by atoms with Gasteiger partial charge in [-0.1, -0.05) is 33.2 Å². The summed E-state index contributed by atoms with van der Waals surface area (Å²) in [6, 6.07) is 14.2. The Morgan fingerprint density at radius 2 is 1.76 bits per heavy atom. The molecule has 0 aliphatic rings. The van der Waals surface area contributed by atoms with Gasteiger partial charge in [0.05, 0.1) is 14.2 Å². The highest BCUT2D eigenvalue weighted by Crippen LogP contribution is 2.30. The van der Waals surface area contributed by atoms with Gasteiger partial charge in [0, 0.05) is 27.9 Å². The smallest absolute Gasteiger partial charge is 0.277 e. The van der Waals surface area contributed by atoms with Crippen molar-refractivity contribution in [3.63, 3.8) is 0 Å². The molecule has 0 spiro atoms. The van der Waals surface area contributed by atoms with Gasteiger partial charge in [-0.3, -0.25) is 4.79 Å². The number of aromatic nitrogens is 1. The van der Waals surface area contributed by atoms with Crippen LogP contribution in [-0.4, -0.2) is 25.3 Å². The molecule has 0 aliphatic carbocycles. The van der Waals surface area contributed by atoms with Crippen LogP contribution in [0.2, 0.25) is 0 Å². The molecular formula is C18H15BrN2O4. The molecule has 0 saturated carbocycles. The number of hydrogen-bond donors (Lipinski definition) is 1. The van der Waals surface area contributed by atoms with E-state index in [1.165, 1.54) is 7.11 Å². The number of methoxy groups -OCH3 is 2. The van der Waals surface area contributed by atoms with E-state index in [-0.39, 0.29) is 11.6 Å². The normalized spacial score (nSPS) is 10.4. The summed E-state index contributed by atoms with van der Waals surface area (Å²) < 4.78 is 16.6. The number of rotatable bonds is 5. The van der Waals surface area contributed by atoms with Crippen LogP contribution < -0.4 is 14.8 Å². The van der Waals surface area contributed by atoms with Gasteiger partial charge in [-0.05, 0) is 24.3 Å². The number of amides is 1. The van der Waals surface area contributed by atoms with Gasteiger partial charge in [0.2, 0.25) is 0 Å². The quantitative estimate of drug-likeness (QED) is 0.685. The Kier molecular flexibility index (Phi) is 5.04. The van der Waals surface area contributed by atoms with Gasteiger partial charge in [0.25, 0.3) is 5.91 Å². The number of carbonyl (C=O) groups excluding carboxylic acids is 1. The van der Waals surface area contributed by atoms with E-state index in [0.717, 1.165) is 10.0 Å². The SMILES string of the molecule is COc1ccc(NC(=O)c2cc(-c3ccc(Br)cc3)on2)cc1OC. The highest BCUT2D eigenvalue weighted by atomic mass is 79.9. The van der Waals surface area contributed by atoms with Crippen molar-refractivity contribution in [1.82, 2.24) is 5.16 Å². The first-order valence-electron chi connectivity index (χ1n) is 7.36. The Bertz CT molecular complexity index is 890. The lowest BCUT2D eigenvalue weighted by Crippen LogP contribution is -2.12. The minimum atomic E-state index is -0.376. The summed E-state index contributed by atoms with van der Waals surface area (Å²) in [5.74, 6) is 1.25. The molecular weight excluding hydrogens is 388 g/mol. The first kappa shape index (κ1) is 17.0. The molecule has 7 heteroatoms. The minimum absolute atomic E-state index is 0.188. The number of halogens is 1. The van der Waals surface area contributed by atoms with Crippen LogP contribution in [0, 0.1) is 0 Å². The first-order valence-corrected chi connectivity index (χ1v) is 8.16. The molecule has 25 heavy (non-hydrogen) atoms. The molecule has 1 amide bonds. The predicted octanol–water partition coefficient (Wildman–Crippen LogP) is 4.37. The van der Waals surface area contributed by atoms with Gasteiger partial charge in [-0.2, -0.15) is 0 Å². The van der Waals surface area contributed by atoms with Gasteiger partial charge in [0.15, 0.2) is 23.0 Å². The predicted molar refractivity (Wildman–Crippen MR) is 97.1 cm³/mol. The Labute approximate surface area is 152 Å². The second-order valence-electron chi connectivity index (χ2n) is 5.11. The molecule has 3 aromatic rings. The number of anilines is 1. The second kappa shape index (κ2) is 7.40. The van der Waals surface area contributed by atoms with Crippen molar-refractivity contribution >= 4 is 27.5 Å². The number of ether oxygens (including phenoxy) is 2. The molecule has 3 rings (SSSR count). The molecule has 0 bridgehead atoms. The lowest BCUT2D eigenvalue weighted by Gasteiger charge is -2.09. The number of nitrogens with zero attached hydrogens (tertiary/aromatic N) is 1. The molecule has 128 valence electrons. The van der Waals surface area contributed by atoms with E-state index < -0.39 is 0 Å². The van der Waals surface area contributed by atoms with Crippen molar-refractivity contribution in [2.75, 3.05) is 19.5 Å². The molecule has 0 aliphatic heterocycles. The molecule has 0 radical (unpaired) electrons. The van der Waals surface area contributed by atoms with E-state index in [1.807, 2.05) is 24.3 Å². The van der Waals surface area contributed by atoms with E-state index in [2.05, 4.69) is 26.4 Å². The van der Waals surface area contributed by atoms with Crippen molar-refractivity contribution < 1.29 is 18.8 Å². The number of benzene rings is 2. The van der Waals surface area contributed by atoms with Crippen LogP contribution in [0.1, 0.15) is 10.5 Å². The lowest BCUT2D eigenvalue weighted by atomic mass is 10.1. The van der Waals surface area contributed by atoms with E-state index in [4.69, 9.17) is 14.0 Å². The maximum atomic E-state index is 12.4. The van der Waals surface area contributed by atoms with Crippen LogP contribution in [-0.2, 0) is 0 Å². The van der Waals surface area contributed by atoms with Crippen molar-refractivity contribution in [3.05, 3.63) is 58.7 Å². The van der Waals surface area contributed by atoms with Gasteiger partial charge in [0.1, 0.15) is 0 Å². The average Bonchev–Trinajstić information content (AvgIpc) is 3.12. The lowest BCUT2D eigenvalue weighted by molar-refractivity contribution is 0.101. The van der Waals surface area contributed by atoms with E-state index in [0.29, 0.717) is 22.9 Å². The number of hydrogen-bond acceptors (Lipinski definition) is 5.